The lowest BCUT2D eigenvalue weighted by Crippen LogP contribution is -2.27. The van der Waals surface area contributed by atoms with E-state index in [4.69, 9.17) is 0 Å². The SMILES string of the molecule is O=C(CC(c1ccccc1)C(CSCc1ccccc1)C(=O)c1ccc2ccccc2c1)c1ccccc1. The van der Waals surface area contributed by atoms with Gasteiger partial charge in [-0.05, 0) is 28.0 Å². The maximum absolute atomic E-state index is 14.2. The molecule has 38 heavy (non-hydrogen) atoms. The quantitative estimate of drug-likeness (QED) is 0.165. The van der Waals surface area contributed by atoms with Crippen LogP contribution in [0, 0.1) is 5.92 Å². The Morgan fingerprint density at radius 1 is 0.605 bits per heavy atom. The van der Waals surface area contributed by atoms with E-state index >= 15 is 0 Å². The zero-order valence-corrected chi connectivity index (χ0v) is 22.0. The van der Waals surface area contributed by atoms with E-state index < -0.39 is 0 Å². The van der Waals surface area contributed by atoms with Crippen LogP contribution in [0.4, 0.5) is 0 Å². The summed E-state index contributed by atoms with van der Waals surface area (Å²) in [7, 11) is 0. The Labute approximate surface area is 228 Å². The summed E-state index contributed by atoms with van der Waals surface area (Å²) in [6, 6.07) is 43.8. The van der Waals surface area contributed by atoms with Crippen molar-refractivity contribution in [2.75, 3.05) is 5.75 Å². The van der Waals surface area contributed by atoms with Gasteiger partial charge in [-0.1, -0.05) is 127 Å². The second-order valence-corrected chi connectivity index (χ2v) is 10.6. The van der Waals surface area contributed by atoms with Gasteiger partial charge in [0.05, 0.1) is 0 Å². The molecule has 5 aromatic rings. The van der Waals surface area contributed by atoms with Crippen LogP contribution in [0.5, 0.6) is 0 Å². The van der Waals surface area contributed by atoms with Gasteiger partial charge in [0.25, 0.3) is 0 Å². The van der Waals surface area contributed by atoms with Crippen molar-refractivity contribution in [3.8, 4) is 0 Å². The number of rotatable bonds is 11. The van der Waals surface area contributed by atoms with Crippen LogP contribution in [-0.4, -0.2) is 17.3 Å². The van der Waals surface area contributed by atoms with E-state index in [0.717, 1.165) is 22.1 Å². The molecule has 0 amide bonds. The van der Waals surface area contributed by atoms with Gasteiger partial charge < -0.3 is 0 Å². The van der Waals surface area contributed by atoms with Gasteiger partial charge in [0, 0.05) is 40.9 Å². The highest BCUT2D eigenvalue weighted by Gasteiger charge is 2.32. The average molecular weight is 515 g/mol. The molecule has 0 fully saturated rings. The summed E-state index contributed by atoms with van der Waals surface area (Å²) in [5.74, 6) is 1.01. The van der Waals surface area contributed by atoms with Crippen LogP contribution < -0.4 is 0 Å². The van der Waals surface area contributed by atoms with E-state index in [1.165, 1.54) is 5.56 Å². The highest BCUT2D eigenvalue weighted by atomic mass is 32.2. The topological polar surface area (TPSA) is 34.1 Å². The van der Waals surface area contributed by atoms with Crippen LogP contribution in [0.15, 0.2) is 133 Å². The third-order valence-electron chi connectivity index (χ3n) is 6.99. The van der Waals surface area contributed by atoms with E-state index in [-0.39, 0.29) is 29.8 Å². The molecule has 2 atom stereocenters. The minimum Gasteiger partial charge on any atom is -0.294 e. The maximum atomic E-state index is 14.2. The molecule has 0 N–H and O–H groups in total. The lowest BCUT2D eigenvalue weighted by Gasteiger charge is -2.27. The first-order chi connectivity index (χ1) is 18.7. The summed E-state index contributed by atoms with van der Waals surface area (Å²) in [5.41, 5.74) is 3.63. The zero-order chi connectivity index (χ0) is 26.2. The lowest BCUT2D eigenvalue weighted by atomic mass is 9.78. The molecule has 5 rings (SSSR count). The maximum Gasteiger partial charge on any atom is 0.167 e. The number of Topliss-reactive ketones (excluding diaryl/α,β-unsaturated/α-hetero) is 2. The number of hydrogen-bond donors (Lipinski definition) is 0. The van der Waals surface area contributed by atoms with Crippen molar-refractivity contribution in [2.24, 2.45) is 5.92 Å². The number of thioether (sulfide) groups is 1. The molecule has 188 valence electrons. The van der Waals surface area contributed by atoms with Crippen LogP contribution in [-0.2, 0) is 5.75 Å². The third kappa shape index (κ3) is 6.30. The van der Waals surface area contributed by atoms with Crippen molar-refractivity contribution >= 4 is 34.1 Å². The van der Waals surface area contributed by atoms with Gasteiger partial charge >= 0.3 is 0 Å². The number of fused-ring (bicyclic) bond motifs is 1. The minimum absolute atomic E-state index is 0.0591. The number of hydrogen-bond acceptors (Lipinski definition) is 3. The van der Waals surface area contributed by atoms with Gasteiger partial charge in [-0.2, -0.15) is 11.8 Å². The molecule has 0 aliphatic carbocycles. The molecule has 5 aromatic carbocycles. The van der Waals surface area contributed by atoms with Crippen molar-refractivity contribution < 1.29 is 9.59 Å². The highest BCUT2D eigenvalue weighted by Crippen LogP contribution is 2.35. The standard InChI is InChI=1S/C35H30O2S/c36-34(29-17-8-3-9-18-29)23-32(28-15-6-2-7-16-28)33(25-38-24-26-12-4-1-5-13-26)35(37)31-21-20-27-14-10-11-19-30(27)22-31/h1-22,32-33H,23-25H2. The minimum atomic E-state index is -0.347. The van der Waals surface area contributed by atoms with Gasteiger partial charge in [0.1, 0.15) is 0 Å². The molecule has 0 saturated heterocycles. The van der Waals surface area contributed by atoms with E-state index in [2.05, 4.69) is 18.2 Å². The smallest absolute Gasteiger partial charge is 0.167 e. The molecule has 0 spiro atoms. The Hall–Kier alpha value is -3.95. The van der Waals surface area contributed by atoms with Crippen LogP contribution in [0.1, 0.15) is 44.2 Å². The second kappa shape index (κ2) is 12.5. The molecule has 0 saturated carbocycles. The lowest BCUT2D eigenvalue weighted by molar-refractivity contribution is 0.0891. The van der Waals surface area contributed by atoms with Crippen molar-refractivity contribution in [3.63, 3.8) is 0 Å². The molecule has 0 bridgehead atoms. The van der Waals surface area contributed by atoms with Crippen molar-refractivity contribution in [1.82, 2.24) is 0 Å². The second-order valence-electron chi connectivity index (χ2n) is 9.54. The summed E-state index contributed by atoms with van der Waals surface area (Å²) < 4.78 is 0. The van der Waals surface area contributed by atoms with E-state index in [1.807, 2.05) is 115 Å². The molecule has 0 heterocycles. The molecule has 0 radical (unpaired) electrons. The van der Waals surface area contributed by atoms with Gasteiger partial charge in [-0.3, -0.25) is 9.59 Å². The molecular formula is C35H30O2S. The fraction of sp³-hybridized carbons (Fsp3) is 0.143. The molecule has 3 heteroatoms. The fourth-order valence-corrected chi connectivity index (χ4v) is 6.13. The normalized spacial score (nSPS) is 12.6. The molecule has 0 aliphatic heterocycles. The number of ketones is 2. The molecule has 0 aliphatic rings. The largest absolute Gasteiger partial charge is 0.294 e. The highest BCUT2D eigenvalue weighted by molar-refractivity contribution is 7.98. The van der Waals surface area contributed by atoms with Crippen LogP contribution in [0.3, 0.4) is 0 Å². The summed E-state index contributed by atoms with van der Waals surface area (Å²) >= 11 is 1.75. The predicted octanol–water partition coefficient (Wildman–Crippen LogP) is 8.63. The van der Waals surface area contributed by atoms with Gasteiger partial charge in [0.2, 0.25) is 0 Å². The summed E-state index contributed by atoms with van der Waals surface area (Å²) in [4.78, 5) is 27.7. The molecule has 2 nitrogen and oxygen atoms in total. The van der Waals surface area contributed by atoms with E-state index in [1.54, 1.807) is 11.8 Å². The summed E-state index contributed by atoms with van der Waals surface area (Å²) in [6.07, 6.45) is 0.282. The first-order valence-electron chi connectivity index (χ1n) is 13.0. The fourth-order valence-electron chi connectivity index (χ4n) is 4.94. The van der Waals surface area contributed by atoms with Gasteiger partial charge in [-0.25, -0.2) is 0 Å². The third-order valence-corrected chi connectivity index (χ3v) is 8.13. The number of carbonyl (C=O) groups is 2. The zero-order valence-electron chi connectivity index (χ0n) is 21.2. The number of benzene rings is 5. The Kier molecular flexibility index (Phi) is 8.47. The Balaban J connectivity index is 1.49. The predicted molar refractivity (Wildman–Crippen MR) is 159 cm³/mol. The average Bonchev–Trinajstić information content (AvgIpc) is 2.99. The number of carbonyl (C=O) groups excluding carboxylic acids is 2. The molecule has 0 aromatic heterocycles. The molecule has 2 unspecified atom stereocenters. The van der Waals surface area contributed by atoms with Crippen LogP contribution in [0.2, 0.25) is 0 Å². The Morgan fingerprint density at radius 3 is 1.92 bits per heavy atom. The first-order valence-corrected chi connectivity index (χ1v) is 14.1. The van der Waals surface area contributed by atoms with Crippen molar-refractivity contribution in [3.05, 3.63) is 156 Å². The van der Waals surface area contributed by atoms with Crippen LogP contribution >= 0.6 is 11.8 Å². The Bertz CT molecular complexity index is 1500. The summed E-state index contributed by atoms with van der Waals surface area (Å²) in [5, 5.41) is 2.16. The van der Waals surface area contributed by atoms with E-state index in [0.29, 0.717) is 16.9 Å². The molecular weight excluding hydrogens is 484 g/mol. The monoisotopic (exact) mass is 514 g/mol. The van der Waals surface area contributed by atoms with Gasteiger partial charge in [0.15, 0.2) is 11.6 Å². The Morgan fingerprint density at radius 2 is 1.21 bits per heavy atom. The first kappa shape index (κ1) is 25.7. The van der Waals surface area contributed by atoms with E-state index in [9.17, 15) is 9.59 Å². The van der Waals surface area contributed by atoms with Crippen molar-refractivity contribution in [2.45, 2.75) is 18.1 Å². The summed E-state index contributed by atoms with van der Waals surface area (Å²) in [6.45, 7) is 0. The van der Waals surface area contributed by atoms with Gasteiger partial charge in [-0.15, -0.1) is 0 Å². The van der Waals surface area contributed by atoms with Crippen molar-refractivity contribution in [1.29, 1.82) is 0 Å². The van der Waals surface area contributed by atoms with Crippen LogP contribution in [0.25, 0.3) is 10.8 Å².